The van der Waals surface area contributed by atoms with Crippen molar-refractivity contribution in [3.05, 3.63) is 23.8 Å². The van der Waals surface area contributed by atoms with E-state index in [0.717, 1.165) is 25.7 Å². The Labute approximate surface area is 182 Å². The van der Waals surface area contributed by atoms with E-state index in [0.29, 0.717) is 36.0 Å². The molecule has 4 nitrogen and oxygen atoms in total. The molecule has 0 N–H and O–H groups in total. The minimum absolute atomic E-state index is 0.00921. The van der Waals surface area contributed by atoms with Crippen LogP contribution in [0.3, 0.4) is 0 Å². The predicted molar refractivity (Wildman–Crippen MR) is 114 cm³/mol. The second kappa shape index (κ2) is 5.90. The Hall–Kier alpha value is -1.36. The Morgan fingerprint density at radius 1 is 1.20 bits per heavy atom. The molecule has 5 heteroatoms. The zero-order valence-electron chi connectivity index (χ0n) is 18.0. The normalized spacial score (nSPS) is 52.8. The molecule has 1 aliphatic heterocycles. The van der Waals surface area contributed by atoms with Crippen LogP contribution in [0.4, 0.5) is 0 Å². The smallest absolute Gasteiger partial charge is 0.306 e. The summed E-state index contributed by atoms with van der Waals surface area (Å²) in [6.45, 7) is 6.37. The van der Waals surface area contributed by atoms with E-state index in [9.17, 15) is 14.4 Å². The van der Waals surface area contributed by atoms with Crippen molar-refractivity contribution in [2.75, 3.05) is 0 Å². The van der Waals surface area contributed by atoms with E-state index < -0.39 is 0 Å². The molecule has 1 saturated heterocycles. The van der Waals surface area contributed by atoms with Gasteiger partial charge in [0.2, 0.25) is 0 Å². The Kier molecular flexibility index (Phi) is 3.81. The third-order valence-electron chi connectivity index (χ3n) is 9.99. The van der Waals surface area contributed by atoms with E-state index in [2.05, 4.69) is 19.9 Å². The van der Waals surface area contributed by atoms with Crippen LogP contribution in [0, 0.1) is 40.4 Å². The van der Waals surface area contributed by atoms with Crippen LogP contribution in [0.5, 0.6) is 0 Å². The van der Waals surface area contributed by atoms with Gasteiger partial charge in [-0.05, 0) is 67.9 Å². The van der Waals surface area contributed by atoms with Crippen LogP contribution < -0.4 is 0 Å². The molecule has 0 aromatic heterocycles. The Morgan fingerprint density at radius 2 is 2.00 bits per heavy atom. The van der Waals surface area contributed by atoms with Crippen LogP contribution in [0.1, 0.15) is 59.3 Å². The van der Waals surface area contributed by atoms with Crippen molar-refractivity contribution in [2.24, 2.45) is 40.4 Å². The molecule has 0 aromatic rings. The molecule has 6 rings (SSSR count). The maximum Gasteiger partial charge on any atom is 0.306 e. The van der Waals surface area contributed by atoms with Crippen LogP contribution in [0.2, 0.25) is 0 Å². The van der Waals surface area contributed by atoms with E-state index in [1.807, 2.05) is 6.08 Å². The zero-order chi connectivity index (χ0) is 21.1. The van der Waals surface area contributed by atoms with Gasteiger partial charge in [0.25, 0.3) is 0 Å². The summed E-state index contributed by atoms with van der Waals surface area (Å²) in [5.74, 6) is 2.54. The number of allylic oxidation sites excluding steroid dienone is 4. The highest BCUT2D eigenvalue weighted by Crippen LogP contribution is 2.79. The highest BCUT2D eigenvalue weighted by Gasteiger charge is 2.79. The van der Waals surface area contributed by atoms with Gasteiger partial charge >= 0.3 is 5.97 Å². The first-order valence-electron chi connectivity index (χ1n) is 11.5. The summed E-state index contributed by atoms with van der Waals surface area (Å²) < 4.78 is 6.20. The number of thioether (sulfide) groups is 1. The van der Waals surface area contributed by atoms with Crippen molar-refractivity contribution in [3.63, 3.8) is 0 Å². The van der Waals surface area contributed by atoms with E-state index >= 15 is 0 Å². The number of rotatable bonds is 1. The van der Waals surface area contributed by atoms with E-state index in [1.54, 1.807) is 13.0 Å². The molecule has 160 valence electrons. The second-order valence-electron chi connectivity index (χ2n) is 11.1. The van der Waals surface area contributed by atoms with E-state index in [-0.39, 0.29) is 38.5 Å². The van der Waals surface area contributed by atoms with Crippen molar-refractivity contribution in [3.8, 4) is 0 Å². The fourth-order valence-corrected chi connectivity index (χ4v) is 10.0. The second-order valence-corrected chi connectivity index (χ2v) is 12.5. The molecule has 5 fully saturated rings. The van der Waals surface area contributed by atoms with Crippen LogP contribution in [-0.2, 0) is 19.1 Å². The third-order valence-corrected chi connectivity index (χ3v) is 11.1. The first kappa shape index (κ1) is 19.3. The van der Waals surface area contributed by atoms with Crippen molar-refractivity contribution in [1.82, 2.24) is 0 Å². The fourth-order valence-electron chi connectivity index (χ4n) is 8.82. The topological polar surface area (TPSA) is 60.4 Å². The van der Waals surface area contributed by atoms with Gasteiger partial charge in [0, 0.05) is 35.3 Å². The molecule has 6 aliphatic rings. The number of ether oxygens (including phenoxy) is 1. The number of carbonyl (C=O) groups excluding carboxylic acids is 3. The molecule has 0 bridgehead atoms. The molecule has 5 aliphatic carbocycles. The minimum atomic E-state index is -0.273. The zero-order valence-corrected chi connectivity index (χ0v) is 18.8. The minimum Gasteiger partial charge on any atom is -0.458 e. The number of fused-ring (bicyclic) bond motifs is 9. The van der Waals surface area contributed by atoms with Gasteiger partial charge in [0.05, 0.1) is 0 Å². The maximum absolute atomic E-state index is 12.2. The summed E-state index contributed by atoms with van der Waals surface area (Å²) in [6, 6.07) is 0. The average molecular weight is 427 g/mol. The summed E-state index contributed by atoms with van der Waals surface area (Å²) in [5.41, 5.74) is 0.853. The Morgan fingerprint density at radius 3 is 2.70 bits per heavy atom. The Bertz CT molecular complexity index is 935. The van der Waals surface area contributed by atoms with Crippen LogP contribution in [-0.4, -0.2) is 27.7 Å². The highest BCUT2D eigenvalue weighted by molar-refractivity contribution is 8.14. The number of esters is 1. The van der Waals surface area contributed by atoms with Crippen LogP contribution in [0.15, 0.2) is 23.8 Å². The summed E-state index contributed by atoms with van der Waals surface area (Å²) >= 11 is 1.49. The average Bonchev–Trinajstić information content (AvgIpc) is 3.31. The lowest BCUT2D eigenvalue weighted by Gasteiger charge is -2.61. The van der Waals surface area contributed by atoms with Crippen molar-refractivity contribution < 1.29 is 19.1 Å². The van der Waals surface area contributed by atoms with Gasteiger partial charge in [-0.15, -0.1) is 0 Å². The van der Waals surface area contributed by atoms with E-state index in [4.69, 9.17) is 4.74 Å². The lowest BCUT2D eigenvalue weighted by atomic mass is 9.46. The van der Waals surface area contributed by atoms with Gasteiger partial charge in [-0.3, -0.25) is 14.4 Å². The molecule has 0 aromatic carbocycles. The van der Waals surface area contributed by atoms with Gasteiger partial charge in [-0.1, -0.05) is 37.3 Å². The standard InChI is InChI=1S/C25H30O4S/c1-13(26)30-19-11-14-10-15(27)4-7-23(14,2)17-5-8-24(3)22(21(17)19)16-12-18(16)25(24)9-6-20(28)29-25/h4,7,10,16-19,21-22H,5-6,8-9,11-12H2,1-3H3/t16-,17+,18+,19-,21+,22+,23+,24+,25+/m1/s1. The first-order chi connectivity index (χ1) is 14.2. The van der Waals surface area contributed by atoms with Crippen LogP contribution >= 0.6 is 11.8 Å². The van der Waals surface area contributed by atoms with E-state index in [1.165, 1.54) is 23.8 Å². The molecule has 30 heavy (non-hydrogen) atoms. The molecular weight excluding hydrogens is 396 g/mol. The summed E-state index contributed by atoms with van der Waals surface area (Å²) in [6.07, 6.45) is 11.3. The fraction of sp³-hybridized carbons (Fsp3) is 0.720. The molecule has 0 unspecified atom stereocenters. The number of hydrogen-bond donors (Lipinski definition) is 0. The maximum atomic E-state index is 12.2. The first-order valence-corrected chi connectivity index (χ1v) is 12.4. The SMILES string of the molecule is CC(=O)S[C@@H]1CC2=CC(=O)C=C[C@]2(C)[C@H]2CC[C@@]3(C)[C@@H]([C@@H]4C[C@@H]4[C@@]34CCC(=O)O4)[C@H]12. The molecule has 9 atom stereocenters. The van der Waals surface area contributed by atoms with Crippen molar-refractivity contribution >= 4 is 28.6 Å². The summed E-state index contributed by atoms with van der Waals surface area (Å²) in [7, 11) is 0. The number of hydrogen-bond acceptors (Lipinski definition) is 5. The molecule has 0 radical (unpaired) electrons. The van der Waals surface area contributed by atoms with Gasteiger partial charge in [-0.25, -0.2) is 0 Å². The molecule has 4 saturated carbocycles. The summed E-state index contributed by atoms with van der Waals surface area (Å²) in [5, 5.41) is 0.379. The van der Waals surface area contributed by atoms with Gasteiger partial charge < -0.3 is 4.74 Å². The Balaban J connectivity index is 1.45. The quantitative estimate of drug-likeness (QED) is 0.579. The third kappa shape index (κ3) is 2.23. The van der Waals surface area contributed by atoms with Crippen LogP contribution in [0.25, 0.3) is 0 Å². The summed E-state index contributed by atoms with van der Waals surface area (Å²) in [4.78, 5) is 36.6. The van der Waals surface area contributed by atoms with Gasteiger partial charge in [0.15, 0.2) is 10.9 Å². The number of carbonyl (C=O) groups is 3. The van der Waals surface area contributed by atoms with Gasteiger partial charge in [-0.2, -0.15) is 0 Å². The molecule has 1 heterocycles. The predicted octanol–water partition coefficient (Wildman–Crippen LogP) is 4.48. The monoisotopic (exact) mass is 426 g/mol. The lowest BCUT2D eigenvalue weighted by Crippen LogP contribution is -2.59. The van der Waals surface area contributed by atoms with Crippen molar-refractivity contribution in [1.29, 1.82) is 0 Å². The van der Waals surface area contributed by atoms with Gasteiger partial charge in [0.1, 0.15) is 5.60 Å². The largest absolute Gasteiger partial charge is 0.458 e. The molecular formula is C25H30O4S. The molecule has 1 spiro atoms. The lowest BCUT2D eigenvalue weighted by molar-refractivity contribution is -0.174. The number of ketones is 1. The van der Waals surface area contributed by atoms with Crippen molar-refractivity contribution in [2.45, 2.75) is 70.1 Å². The molecule has 0 amide bonds. The highest BCUT2D eigenvalue weighted by atomic mass is 32.2.